The standard InChI is InChI=1S/C13H10BrN3O3S/c14-8-5-6-11(9(7-8)13(15)16-18)21-12-4-2-1-3-10(12)17(19)20/h1-7,18H,(H2,15,16). The van der Waals surface area contributed by atoms with Crippen LogP contribution in [-0.4, -0.2) is 16.0 Å². The van der Waals surface area contributed by atoms with Crippen molar-refractivity contribution in [3.63, 3.8) is 0 Å². The maximum Gasteiger partial charge on any atom is 0.283 e. The molecule has 108 valence electrons. The van der Waals surface area contributed by atoms with E-state index in [9.17, 15) is 10.1 Å². The second-order valence-electron chi connectivity index (χ2n) is 3.95. The molecule has 0 aliphatic carbocycles. The fourth-order valence-electron chi connectivity index (χ4n) is 1.66. The van der Waals surface area contributed by atoms with E-state index in [2.05, 4.69) is 21.1 Å². The zero-order valence-corrected chi connectivity index (χ0v) is 13.0. The Labute approximate surface area is 132 Å². The first-order valence-corrected chi connectivity index (χ1v) is 7.32. The van der Waals surface area contributed by atoms with Crippen LogP contribution in [0.25, 0.3) is 0 Å². The van der Waals surface area contributed by atoms with Gasteiger partial charge in [0, 0.05) is 21.0 Å². The number of nitro benzene ring substituents is 1. The van der Waals surface area contributed by atoms with Crippen LogP contribution in [0.2, 0.25) is 0 Å². The first-order valence-electron chi connectivity index (χ1n) is 5.71. The summed E-state index contributed by atoms with van der Waals surface area (Å²) in [6.45, 7) is 0. The molecule has 2 aromatic carbocycles. The van der Waals surface area contributed by atoms with E-state index in [-0.39, 0.29) is 11.5 Å². The summed E-state index contributed by atoms with van der Waals surface area (Å²) in [5.41, 5.74) is 6.15. The molecule has 2 rings (SSSR count). The van der Waals surface area contributed by atoms with Crippen molar-refractivity contribution in [1.82, 2.24) is 0 Å². The van der Waals surface area contributed by atoms with Crippen LogP contribution in [-0.2, 0) is 0 Å². The number of rotatable bonds is 4. The molecule has 0 spiro atoms. The smallest absolute Gasteiger partial charge is 0.283 e. The molecule has 0 radical (unpaired) electrons. The lowest BCUT2D eigenvalue weighted by Gasteiger charge is -2.09. The molecule has 21 heavy (non-hydrogen) atoms. The summed E-state index contributed by atoms with van der Waals surface area (Å²) in [6, 6.07) is 11.6. The molecule has 6 nitrogen and oxygen atoms in total. The molecule has 3 N–H and O–H groups in total. The van der Waals surface area contributed by atoms with Gasteiger partial charge in [0.15, 0.2) is 5.84 Å². The van der Waals surface area contributed by atoms with Crippen LogP contribution in [0.3, 0.4) is 0 Å². The van der Waals surface area contributed by atoms with E-state index < -0.39 is 4.92 Å². The Morgan fingerprint density at radius 1 is 1.29 bits per heavy atom. The van der Waals surface area contributed by atoms with Crippen molar-refractivity contribution in [2.75, 3.05) is 0 Å². The van der Waals surface area contributed by atoms with E-state index in [1.807, 2.05) is 0 Å². The average Bonchev–Trinajstić information content (AvgIpc) is 2.48. The SMILES string of the molecule is N/C(=N/O)c1cc(Br)ccc1Sc1ccccc1[N+](=O)[O-]. The quantitative estimate of drug-likeness (QED) is 0.282. The molecule has 0 bridgehead atoms. The third-order valence-corrected chi connectivity index (χ3v) is 4.24. The molecule has 0 unspecified atom stereocenters. The van der Waals surface area contributed by atoms with Crippen molar-refractivity contribution in [3.8, 4) is 0 Å². The van der Waals surface area contributed by atoms with Gasteiger partial charge >= 0.3 is 0 Å². The minimum Gasteiger partial charge on any atom is -0.409 e. The fourth-order valence-corrected chi connectivity index (χ4v) is 3.06. The van der Waals surface area contributed by atoms with Gasteiger partial charge in [-0.15, -0.1) is 0 Å². The molecule has 0 amide bonds. The number of oxime groups is 1. The minimum atomic E-state index is -0.440. The number of hydrogen-bond donors (Lipinski definition) is 2. The van der Waals surface area contributed by atoms with Gasteiger partial charge in [0.05, 0.1) is 9.82 Å². The van der Waals surface area contributed by atoms with Gasteiger partial charge < -0.3 is 10.9 Å². The monoisotopic (exact) mass is 367 g/mol. The molecule has 0 atom stereocenters. The third kappa shape index (κ3) is 3.53. The first kappa shape index (κ1) is 15.3. The van der Waals surface area contributed by atoms with Gasteiger partial charge in [0.1, 0.15) is 0 Å². The minimum absolute atomic E-state index is 0.0101. The van der Waals surface area contributed by atoms with Crippen LogP contribution < -0.4 is 5.73 Å². The van der Waals surface area contributed by atoms with Gasteiger partial charge in [0.2, 0.25) is 0 Å². The second kappa shape index (κ2) is 6.59. The lowest BCUT2D eigenvalue weighted by Crippen LogP contribution is -2.14. The highest BCUT2D eigenvalue weighted by Crippen LogP contribution is 2.37. The summed E-state index contributed by atoms with van der Waals surface area (Å²) in [4.78, 5) is 11.7. The van der Waals surface area contributed by atoms with Gasteiger partial charge in [-0.25, -0.2) is 0 Å². The molecule has 0 saturated carbocycles. The summed E-state index contributed by atoms with van der Waals surface area (Å²) in [5, 5.41) is 22.9. The maximum atomic E-state index is 11.0. The summed E-state index contributed by atoms with van der Waals surface area (Å²) in [6.07, 6.45) is 0. The van der Waals surface area contributed by atoms with Crippen LogP contribution >= 0.6 is 27.7 Å². The zero-order valence-electron chi connectivity index (χ0n) is 10.6. The fraction of sp³-hybridized carbons (Fsp3) is 0. The summed E-state index contributed by atoms with van der Waals surface area (Å²) in [7, 11) is 0. The predicted octanol–water partition coefficient (Wildman–Crippen LogP) is 3.60. The Balaban J connectivity index is 2.48. The molecule has 0 aliphatic rings. The van der Waals surface area contributed by atoms with Crippen molar-refractivity contribution in [2.45, 2.75) is 9.79 Å². The molecule has 0 fully saturated rings. The van der Waals surface area contributed by atoms with E-state index in [4.69, 9.17) is 10.9 Å². The summed E-state index contributed by atoms with van der Waals surface area (Å²) in [5.74, 6) is -0.0580. The lowest BCUT2D eigenvalue weighted by atomic mass is 10.2. The van der Waals surface area contributed by atoms with Gasteiger partial charge in [0.25, 0.3) is 5.69 Å². The van der Waals surface area contributed by atoms with Gasteiger partial charge in [-0.1, -0.05) is 45.0 Å². The molecular weight excluding hydrogens is 358 g/mol. The highest BCUT2D eigenvalue weighted by molar-refractivity contribution is 9.10. The molecule has 0 aromatic heterocycles. The van der Waals surface area contributed by atoms with E-state index in [1.54, 1.807) is 36.4 Å². The van der Waals surface area contributed by atoms with Crippen molar-refractivity contribution < 1.29 is 10.1 Å². The van der Waals surface area contributed by atoms with Gasteiger partial charge in [-0.05, 0) is 24.3 Å². The summed E-state index contributed by atoms with van der Waals surface area (Å²) >= 11 is 4.49. The third-order valence-electron chi connectivity index (χ3n) is 2.61. The molecule has 8 heteroatoms. The molecule has 0 heterocycles. The van der Waals surface area contributed by atoms with Crippen LogP contribution in [0, 0.1) is 10.1 Å². The lowest BCUT2D eigenvalue weighted by molar-refractivity contribution is -0.387. The number of nitrogens with zero attached hydrogens (tertiary/aromatic N) is 2. The Bertz CT molecular complexity index is 722. The van der Waals surface area contributed by atoms with Crippen LogP contribution in [0.15, 0.2) is 61.9 Å². The molecule has 0 saturated heterocycles. The number of nitro groups is 1. The number of halogens is 1. The zero-order chi connectivity index (χ0) is 15.4. The van der Waals surface area contributed by atoms with E-state index in [0.29, 0.717) is 15.4 Å². The Morgan fingerprint density at radius 3 is 2.67 bits per heavy atom. The van der Waals surface area contributed by atoms with E-state index in [1.165, 1.54) is 17.8 Å². The number of nitrogens with two attached hydrogens (primary N) is 1. The largest absolute Gasteiger partial charge is 0.409 e. The van der Waals surface area contributed by atoms with Crippen LogP contribution in [0.1, 0.15) is 5.56 Å². The predicted molar refractivity (Wildman–Crippen MR) is 83.9 cm³/mol. The van der Waals surface area contributed by atoms with Gasteiger partial charge in [-0.3, -0.25) is 10.1 Å². The molecule has 0 aliphatic heterocycles. The maximum absolute atomic E-state index is 11.0. The van der Waals surface area contributed by atoms with Gasteiger partial charge in [-0.2, -0.15) is 0 Å². The van der Waals surface area contributed by atoms with E-state index >= 15 is 0 Å². The topological polar surface area (TPSA) is 102 Å². The van der Waals surface area contributed by atoms with Crippen molar-refractivity contribution >= 4 is 39.2 Å². The number of para-hydroxylation sites is 1. The highest BCUT2D eigenvalue weighted by atomic mass is 79.9. The van der Waals surface area contributed by atoms with E-state index in [0.717, 1.165) is 4.47 Å². The first-order chi connectivity index (χ1) is 10.0. The average molecular weight is 368 g/mol. The normalized spacial score (nSPS) is 11.4. The summed E-state index contributed by atoms with van der Waals surface area (Å²) < 4.78 is 0.760. The Morgan fingerprint density at radius 2 is 2.00 bits per heavy atom. The molecular formula is C13H10BrN3O3S. The van der Waals surface area contributed by atoms with Crippen molar-refractivity contribution in [2.24, 2.45) is 10.9 Å². The number of amidine groups is 1. The van der Waals surface area contributed by atoms with Crippen LogP contribution in [0.4, 0.5) is 5.69 Å². The Kier molecular flexibility index (Phi) is 4.81. The van der Waals surface area contributed by atoms with Crippen molar-refractivity contribution in [1.29, 1.82) is 0 Å². The van der Waals surface area contributed by atoms with Crippen molar-refractivity contribution in [3.05, 3.63) is 62.6 Å². The Hall–Kier alpha value is -2.06. The number of benzene rings is 2. The number of hydrogen-bond acceptors (Lipinski definition) is 5. The second-order valence-corrected chi connectivity index (χ2v) is 5.95. The molecule has 2 aromatic rings. The highest BCUT2D eigenvalue weighted by Gasteiger charge is 2.16. The van der Waals surface area contributed by atoms with Crippen LogP contribution in [0.5, 0.6) is 0 Å².